The summed E-state index contributed by atoms with van der Waals surface area (Å²) in [5, 5.41) is 15.2. The molecule has 3 N–H and O–H groups in total. The highest BCUT2D eigenvalue weighted by Crippen LogP contribution is 2.04. The molecule has 1 aliphatic heterocycles. The number of hydrogen-bond donors (Lipinski definition) is 3. The van der Waals surface area contributed by atoms with Crippen LogP contribution in [0.15, 0.2) is 0 Å². The smallest absolute Gasteiger partial charge is 0.314 e. The molecule has 0 aromatic carbocycles. The zero-order chi connectivity index (χ0) is 15.8. The van der Waals surface area contributed by atoms with Crippen molar-refractivity contribution < 1.29 is 9.90 Å². The summed E-state index contributed by atoms with van der Waals surface area (Å²) in [5.41, 5.74) is 0. The second-order valence-electron chi connectivity index (χ2n) is 6.61. The number of likely N-dealkylation sites (N-methyl/N-ethyl adjacent to an activating group) is 1. The maximum atomic E-state index is 11.7. The van der Waals surface area contributed by atoms with Gasteiger partial charge in [-0.3, -0.25) is 0 Å². The average Bonchev–Trinajstić information content (AvgIpc) is 2.44. The molecule has 2 amide bonds. The molecule has 0 aromatic rings. The lowest BCUT2D eigenvalue weighted by atomic mass is 10.1. The molecule has 1 aliphatic rings. The molecule has 1 heterocycles. The van der Waals surface area contributed by atoms with E-state index in [9.17, 15) is 9.90 Å². The van der Waals surface area contributed by atoms with Crippen molar-refractivity contribution in [3.8, 4) is 0 Å². The maximum absolute atomic E-state index is 11.7. The van der Waals surface area contributed by atoms with Crippen LogP contribution in [0.4, 0.5) is 4.79 Å². The number of urea groups is 1. The van der Waals surface area contributed by atoms with Crippen molar-refractivity contribution in [2.75, 3.05) is 52.9 Å². The summed E-state index contributed by atoms with van der Waals surface area (Å²) in [5.74, 6) is 0.579. The van der Waals surface area contributed by atoms with Gasteiger partial charge < -0.3 is 25.5 Å². The lowest BCUT2D eigenvalue weighted by Crippen LogP contribution is -2.47. The van der Waals surface area contributed by atoms with Crippen LogP contribution in [0.3, 0.4) is 0 Å². The molecule has 1 fully saturated rings. The zero-order valence-electron chi connectivity index (χ0n) is 13.9. The van der Waals surface area contributed by atoms with E-state index < -0.39 is 6.10 Å². The van der Waals surface area contributed by atoms with Gasteiger partial charge in [0.25, 0.3) is 0 Å². The van der Waals surface area contributed by atoms with E-state index in [2.05, 4.69) is 34.4 Å². The first kappa shape index (κ1) is 18.2. The van der Waals surface area contributed by atoms with E-state index in [4.69, 9.17) is 0 Å². The Morgan fingerprint density at radius 2 is 1.67 bits per heavy atom. The molecule has 0 radical (unpaired) electrons. The van der Waals surface area contributed by atoms with E-state index in [0.29, 0.717) is 19.0 Å². The van der Waals surface area contributed by atoms with Crippen LogP contribution in [-0.2, 0) is 0 Å². The molecule has 0 spiro atoms. The maximum Gasteiger partial charge on any atom is 0.314 e. The summed E-state index contributed by atoms with van der Waals surface area (Å²) >= 11 is 0. The Morgan fingerprint density at radius 3 is 2.24 bits per heavy atom. The van der Waals surface area contributed by atoms with Gasteiger partial charge in [0.2, 0.25) is 0 Å². The third-order valence-corrected chi connectivity index (χ3v) is 4.02. The Kier molecular flexibility index (Phi) is 8.00. The van der Waals surface area contributed by atoms with Crippen LogP contribution in [0.2, 0.25) is 0 Å². The standard InChI is InChI=1S/C15H32N4O2/c1-12(2)14(20)10-17-15(21)16-9-13(3)11-19-7-5-18(4)6-8-19/h12-14,20H,5-11H2,1-4H3,(H2,16,17,21). The predicted molar refractivity (Wildman–Crippen MR) is 85.3 cm³/mol. The Labute approximate surface area is 128 Å². The van der Waals surface area contributed by atoms with Gasteiger partial charge in [0.1, 0.15) is 0 Å². The largest absolute Gasteiger partial charge is 0.391 e. The third kappa shape index (κ3) is 7.64. The van der Waals surface area contributed by atoms with E-state index in [1.807, 2.05) is 13.8 Å². The van der Waals surface area contributed by atoms with Crippen LogP contribution < -0.4 is 10.6 Å². The van der Waals surface area contributed by atoms with Gasteiger partial charge in [-0.05, 0) is 18.9 Å². The van der Waals surface area contributed by atoms with Crippen LogP contribution >= 0.6 is 0 Å². The van der Waals surface area contributed by atoms with E-state index in [0.717, 1.165) is 32.7 Å². The molecule has 124 valence electrons. The number of aliphatic hydroxyl groups excluding tert-OH is 1. The van der Waals surface area contributed by atoms with Crippen LogP contribution in [0, 0.1) is 11.8 Å². The summed E-state index contributed by atoms with van der Waals surface area (Å²) in [6.07, 6.45) is -0.487. The van der Waals surface area contributed by atoms with Crippen LogP contribution in [-0.4, -0.2) is 79.9 Å². The molecule has 21 heavy (non-hydrogen) atoms. The van der Waals surface area contributed by atoms with Crippen molar-refractivity contribution in [1.29, 1.82) is 0 Å². The first-order valence-electron chi connectivity index (χ1n) is 7.99. The minimum absolute atomic E-state index is 0.154. The lowest BCUT2D eigenvalue weighted by molar-refractivity contribution is 0.124. The molecule has 6 heteroatoms. The first-order chi connectivity index (χ1) is 9.88. The van der Waals surface area contributed by atoms with E-state index in [1.165, 1.54) is 0 Å². The van der Waals surface area contributed by atoms with Crippen LogP contribution in [0.1, 0.15) is 20.8 Å². The number of aliphatic hydroxyl groups is 1. The molecular formula is C15H32N4O2. The van der Waals surface area contributed by atoms with Gasteiger partial charge in [0.05, 0.1) is 6.10 Å². The lowest BCUT2D eigenvalue weighted by Gasteiger charge is -2.33. The number of carbonyl (C=O) groups is 1. The van der Waals surface area contributed by atoms with Crippen molar-refractivity contribution in [2.45, 2.75) is 26.9 Å². The zero-order valence-corrected chi connectivity index (χ0v) is 13.9. The summed E-state index contributed by atoms with van der Waals surface area (Å²) in [4.78, 5) is 16.4. The monoisotopic (exact) mass is 300 g/mol. The fourth-order valence-corrected chi connectivity index (χ4v) is 2.30. The molecule has 1 rings (SSSR count). The molecule has 0 saturated carbocycles. The highest BCUT2D eigenvalue weighted by molar-refractivity contribution is 5.73. The number of piperazine rings is 1. The van der Waals surface area contributed by atoms with Crippen molar-refractivity contribution in [3.63, 3.8) is 0 Å². The molecular weight excluding hydrogens is 268 g/mol. The number of nitrogens with one attached hydrogen (secondary N) is 2. The van der Waals surface area contributed by atoms with Crippen molar-refractivity contribution >= 4 is 6.03 Å². The molecule has 0 aromatic heterocycles. The number of rotatable bonds is 7. The summed E-state index contributed by atoms with van der Waals surface area (Å²) in [7, 11) is 2.15. The van der Waals surface area contributed by atoms with Crippen LogP contribution in [0.25, 0.3) is 0 Å². The minimum Gasteiger partial charge on any atom is -0.391 e. The van der Waals surface area contributed by atoms with Crippen LogP contribution in [0.5, 0.6) is 0 Å². The van der Waals surface area contributed by atoms with E-state index in [1.54, 1.807) is 0 Å². The van der Waals surface area contributed by atoms with Gasteiger partial charge in [-0.15, -0.1) is 0 Å². The number of amides is 2. The molecule has 6 nitrogen and oxygen atoms in total. The molecule has 2 unspecified atom stereocenters. The SMILES string of the molecule is CC(CNC(=O)NCC(O)C(C)C)CN1CCN(C)CC1. The summed E-state index contributed by atoms with van der Waals surface area (Å²) < 4.78 is 0. The first-order valence-corrected chi connectivity index (χ1v) is 7.99. The number of nitrogens with zero attached hydrogens (tertiary/aromatic N) is 2. The number of carbonyl (C=O) groups excluding carboxylic acids is 1. The van der Waals surface area contributed by atoms with Gasteiger partial charge in [-0.25, -0.2) is 4.79 Å². The Hall–Kier alpha value is -0.850. The average molecular weight is 300 g/mol. The second kappa shape index (κ2) is 9.23. The molecule has 0 aliphatic carbocycles. The Morgan fingerprint density at radius 1 is 1.10 bits per heavy atom. The fraction of sp³-hybridized carbons (Fsp3) is 0.933. The Balaban J connectivity index is 2.11. The normalized spacial score (nSPS) is 20.3. The Bertz CT molecular complexity index is 304. The van der Waals surface area contributed by atoms with Crippen molar-refractivity contribution in [2.24, 2.45) is 11.8 Å². The van der Waals surface area contributed by atoms with Gasteiger partial charge in [-0.1, -0.05) is 20.8 Å². The highest BCUT2D eigenvalue weighted by Gasteiger charge is 2.16. The van der Waals surface area contributed by atoms with E-state index in [-0.39, 0.29) is 11.9 Å². The highest BCUT2D eigenvalue weighted by atomic mass is 16.3. The second-order valence-corrected chi connectivity index (χ2v) is 6.61. The predicted octanol–water partition coefficient (Wildman–Crippen LogP) is 0.186. The molecule has 0 bridgehead atoms. The van der Waals surface area contributed by atoms with Crippen molar-refractivity contribution in [1.82, 2.24) is 20.4 Å². The summed E-state index contributed by atoms with van der Waals surface area (Å²) in [6, 6.07) is -0.195. The quantitative estimate of drug-likeness (QED) is 0.628. The van der Waals surface area contributed by atoms with Gasteiger partial charge in [-0.2, -0.15) is 0 Å². The minimum atomic E-state index is -0.487. The topological polar surface area (TPSA) is 67.8 Å². The molecule has 1 saturated heterocycles. The third-order valence-electron chi connectivity index (χ3n) is 4.02. The summed E-state index contributed by atoms with van der Waals surface area (Å²) in [6.45, 7) is 12.4. The van der Waals surface area contributed by atoms with Gasteiger partial charge in [0.15, 0.2) is 0 Å². The van der Waals surface area contributed by atoms with Gasteiger partial charge in [0, 0.05) is 45.8 Å². The molecule has 2 atom stereocenters. The number of hydrogen-bond acceptors (Lipinski definition) is 4. The van der Waals surface area contributed by atoms with E-state index >= 15 is 0 Å². The van der Waals surface area contributed by atoms with Crippen molar-refractivity contribution in [3.05, 3.63) is 0 Å². The van der Waals surface area contributed by atoms with Gasteiger partial charge >= 0.3 is 6.03 Å². The fourth-order valence-electron chi connectivity index (χ4n) is 2.30.